The van der Waals surface area contributed by atoms with Gasteiger partial charge in [-0.2, -0.15) is 0 Å². The van der Waals surface area contributed by atoms with Crippen LogP contribution in [0.25, 0.3) is 22.2 Å². The summed E-state index contributed by atoms with van der Waals surface area (Å²) in [5.41, 5.74) is 5.89. The van der Waals surface area contributed by atoms with Gasteiger partial charge in [0.1, 0.15) is 11.4 Å². The number of hydrogen-bond acceptors (Lipinski definition) is 4. The van der Waals surface area contributed by atoms with Crippen molar-refractivity contribution < 1.29 is 14.3 Å². The van der Waals surface area contributed by atoms with Crippen LogP contribution in [-0.2, 0) is 22.5 Å². The maximum Gasteiger partial charge on any atom is 0.339 e. The van der Waals surface area contributed by atoms with Crippen molar-refractivity contribution in [3.63, 3.8) is 0 Å². The number of unbranched alkanes of at least 4 members (excludes halogenated alkanes) is 1. The van der Waals surface area contributed by atoms with Crippen LogP contribution in [0.3, 0.4) is 0 Å². The van der Waals surface area contributed by atoms with E-state index in [9.17, 15) is 9.59 Å². The van der Waals surface area contributed by atoms with E-state index >= 15 is 0 Å². The summed E-state index contributed by atoms with van der Waals surface area (Å²) in [5, 5.41) is 0. The van der Waals surface area contributed by atoms with Crippen LogP contribution in [0.4, 0.5) is 5.69 Å². The minimum absolute atomic E-state index is 0.124. The number of ether oxygens (including phenoxy) is 1. The highest BCUT2D eigenvalue weighted by Gasteiger charge is 2.25. The highest BCUT2D eigenvalue weighted by molar-refractivity contribution is 5.98. The Kier molecular flexibility index (Phi) is 9.34. The first-order valence-electron chi connectivity index (χ1n) is 15.8. The standard InChI is InChI=1S/C37H45N3O3/c1-6-7-17-34-38-32-23-22-29(39(5)35(41)28-13-9-8-10-14-28)24-33(32)40(34)25-26-18-20-27(21-19-26)30-15-11-12-16-31(30)36(42)43-37(2,3)4/h11-12,15-16,18-24,28H,6-10,13-14,17,25H2,1-5H3. The lowest BCUT2D eigenvalue weighted by atomic mass is 9.88. The highest BCUT2D eigenvalue weighted by Crippen LogP contribution is 2.30. The van der Waals surface area contributed by atoms with Crippen molar-refractivity contribution in [2.45, 2.75) is 91.2 Å². The van der Waals surface area contributed by atoms with Crippen LogP contribution < -0.4 is 4.90 Å². The van der Waals surface area contributed by atoms with E-state index < -0.39 is 5.60 Å². The second-order valence-electron chi connectivity index (χ2n) is 12.9. The van der Waals surface area contributed by atoms with Crippen molar-refractivity contribution in [2.24, 2.45) is 5.92 Å². The molecule has 0 saturated heterocycles. The van der Waals surface area contributed by atoms with Crippen molar-refractivity contribution in [2.75, 3.05) is 11.9 Å². The van der Waals surface area contributed by atoms with Gasteiger partial charge >= 0.3 is 5.97 Å². The summed E-state index contributed by atoms with van der Waals surface area (Å²) in [6.07, 6.45) is 8.56. The second kappa shape index (κ2) is 13.2. The van der Waals surface area contributed by atoms with Crippen molar-refractivity contribution in [1.82, 2.24) is 9.55 Å². The minimum Gasteiger partial charge on any atom is -0.456 e. The Bertz CT molecular complexity index is 1570. The van der Waals surface area contributed by atoms with Gasteiger partial charge in [0.25, 0.3) is 0 Å². The molecule has 0 radical (unpaired) electrons. The average Bonchev–Trinajstić information content (AvgIpc) is 3.35. The number of aryl methyl sites for hydroxylation is 1. The number of anilines is 1. The summed E-state index contributed by atoms with van der Waals surface area (Å²) in [6, 6.07) is 22.2. The summed E-state index contributed by atoms with van der Waals surface area (Å²) >= 11 is 0. The van der Waals surface area contributed by atoms with Crippen LogP contribution in [0, 0.1) is 5.92 Å². The predicted molar refractivity (Wildman–Crippen MR) is 174 cm³/mol. The molecule has 0 atom stereocenters. The fraction of sp³-hybridized carbons (Fsp3) is 0.432. The van der Waals surface area contributed by atoms with Crippen LogP contribution in [0.15, 0.2) is 66.7 Å². The number of fused-ring (bicyclic) bond motifs is 1. The molecule has 0 bridgehead atoms. The lowest BCUT2D eigenvalue weighted by Crippen LogP contribution is -2.33. The van der Waals surface area contributed by atoms with Crippen molar-refractivity contribution in [1.29, 1.82) is 0 Å². The maximum atomic E-state index is 13.3. The molecule has 6 nitrogen and oxygen atoms in total. The number of esters is 1. The Labute approximate surface area is 256 Å². The third-order valence-corrected chi connectivity index (χ3v) is 8.39. The first-order chi connectivity index (χ1) is 20.6. The Morgan fingerprint density at radius 3 is 2.40 bits per heavy atom. The minimum atomic E-state index is -0.561. The zero-order valence-corrected chi connectivity index (χ0v) is 26.4. The third kappa shape index (κ3) is 7.18. The zero-order valence-electron chi connectivity index (χ0n) is 26.4. The molecule has 226 valence electrons. The van der Waals surface area contributed by atoms with Gasteiger partial charge in [-0.3, -0.25) is 4.79 Å². The van der Waals surface area contributed by atoms with E-state index in [2.05, 4.69) is 47.9 Å². The van der Waals surface area contributed by atoms with Crippen molar-refractivity contribution >= 4 is 28.6 Å². The van der Waals surface area contributed by atoms with E-state index in [0.29, 0.717) is 12.1 Å². The molecular formula is C37H45N3O3. The molecule has 1 saturated carbocycles. The molecule has 0 spiro atoms. The predicted octanol–water partition coefficient (Wildman–Crippen LogP) is 8.59. The average molecular weight is 580 g/mol. The molecule has 1 amide bonds. The summed E-state index contributed by atoms with van der Waals surface area (Å²) < 4.78 is 7.97. The van der Waals surface area contributed by atoms with Crippen LogP contribution in [0.2, 0.25) is 0 Å². The molecule has 43 heavy (non-hydrogen) atoms. The van der Waals surface area contributed by atoms with Crippen molar-refractivity contribution in [3.8, 4) is 11.1 Å². The van der Waals surface area contributed by atoms with Gasteiger partial charge in [-0.25, -0.2) is 9.78 Å². The van der Waals surface area contributed by atoms with E-state index in [1.165, 1.54) is 6.42 Å². The van der Waals surface area contributed by atoms with Gasteiger partial charge in [0.2, 0.25) is 5.91 Å². The number of imidazole rings is 1. The molecular weight excluding hydrogens is 534 g/mol. The first-order valence-corrected chi connectivity index (χ1v) is 15.8. The number of hydrogen-bond donors (Lipinski definition) is 0. The molecule has 4 aromatic rings. The number of benzene rings is 3. The monoisotopic (exact) mass is 579 g/mol. The number of carbonyl (C=O) groups is 2. The second-order valence-corrected chi connectivity index (χ2v) is 12.9. The van der Waals surface area contributed by atoms with Crippen LogP contribution in [-0.4, -0.2) is 34.1 Å². The number of rotatable bonds is 9. The molecule has 0 aliphatic heterocycles. The van der Waals surface area contributed by atoms with Gasteiger partial charge < -0.3 is 14.2 Å². The SMILES string of the molecule is CCCCc1nc2ccc(N(C)C(=O)C3CCCCC3)cc2n1Cc1ccc(-c2ccccc2C(=O)OC(C)(C)C)cc1. The summed E-state index contributed by atoms with van der Waals surface area (Å²) in [5.74, 6) is 1.09. The van der Waals surface area contributed by atoms with Gasteiger partial charge in [0.15, 0.2) is 0 Å². The van der Waals surface area contributed by atoms with Crippen LogP contribution in [0.5, 0.6) is 0 Å². The molecule has 1 aliphatic rings. The quantitative estimate of drug-likeness (QED) is 0.186. The van der Waals surface area contributed by atoms with E-state index in [1.54, 1.807) is 0 Å². The lowest BCUT2D eigenvalue weighted by molar-refractivity contribution is -0.123. The number of aromatic nitrogens is 2. The lowest BCUT2D eigenvalue weighted by Gasteiger charge is -2.26. The van der Waals surface area contributed by atoms with Gasteiger partial charge in [0.05, 0.1) is 16.6 Å². The summed E-state index contributed by atoms with van der Waals surface area (Å²) in [4.78, 5) is 33.1. The molecule has 6 heteroatoms. The zero-order chi connectivity index (χ0) is 30.6. The first kappa shape index (κ1) is 30.5. The molecule has 0 N–H and O–H groups in total. The van der Waals surface area contributed by atoms with E-state index in [4.69, 9.17) is 9.72 Å². The Morgan fingerprint density at radius 2 is 1.70 bits per heavy atom. The molecule has 5 rings (SSSR count). The van der Waals surface area contributed by atoms with Gasteiger partial charge in [-0.05, 0) is 81.0 Å². The van der Waals surface area contributed by atoms with Crippen LogP contribution >= 0.6 is 0 Å². The Hall–Kier alpha value is -3.93. The maximum absolute atomic E-state index is 13.3. The highest BCUT2D eigenvalue weighted by atomic mass is 16.6. The fourth-order valence-corrected chi connectivity index (χ4v) is 6.04. The third-order valence-electron chi connectivity index (χ3n) is 8.39. The number of nitrogens with zero attached hydrogens (tertiary/aromatic N) is 3. The largest absolute Gasteiger partial charge is 0.456 e. The van der Waals surface area contributed by atoms with E-state index in [0.717, 1.165) is 84.2 Å². The normalized spacial score (nSPS) is 14.2. The molecule has 1 fully saturated rings. The topological polar surface area (TPSA) is 64.4 Å². The smallest absolute Gasteiger partial charge is 0.339 e. The van der Waals surface area contributed by atoms with Gasteiger partial charge in [-0.15, -0.1) is 0 Å². The molecule has 0 unspecified atom stereocenters. The number of carbonyl (C=O) groups excluding carboxylic acids is 2. The Morgan fingerprint density at radius 1 is 0.977 bits per heavy atom. The Balaban J connectivity index is 1.43. The molecule has 1 heterocycles. The van der Waals surface area contributed by atoms with Gasteiger partial charge in [0, 0.05) is 31.6 Å². The van der Waals surface area contributed by atoms with E-state index in [-0.39, 0.29) is 17.8 Å². The summed E-state index contributed by atoms with van der Waals surface area (Å²) in [7, 11) is 1.91. The van der Waals surface area contributed by atoms with Gasteiger partial charge in [-0.1, -0.05) is 75.1 Å². The number of amides is 1. The molecule has 1 aliphatic carbocycles. The van der Waals surface area contributed by atoms with Crippen molar-refractivity contribution in [3.05, 3.63) is 83.7 Å². The molecule has 3 aromatic carbocycles. The fourth-order valence-electron chi connectivity index (χ4n) is 6.04. The van der Waals surface area contributed by atoms with E-state index in [1.807, 2.05) is 63.1 Å². The van der Waals surface area contributed by atoms with Crippen LogP contribution in [0.1, 0.15) is 94.4 Å². The summed E-state index contributed by atoms with van der Waals surface area (Å²) in [6.45, 7) is 8.52. The molecule has 1 aromatic heterocycles.